The van der Waals surface area contributed by atoms with Gasteiger partial charge in [0, 0.05) is 0 Å². The average molecular weight is 286 g/mol. The van der Waals surface area contributed by atoms with E-state index in [1.165, 1.54) is 0 Å². The van der Waals surface area contributed by atoms with Crippen molar-refractivity contribution in [1.29, 1.82) is 0 Å². The maximum Gasteiger partial charge on any atom is 1.00 e. The van der Waals surface area contributed by atoms with E-state index in [1.807, 2.05) is 0 Å². The SMILES string of the molecule is CC(C)OP(=O)([O-])OC(C)C.O=P(O)(O)O.[Li+]. The molecule has 3 N–H and O–H groups in total. The number of phosphoric acid groups is 2. The Balaban J connectivity index is -0.000000280. The molecule has 0 aromatic carbocycles. The summed E-state index contributed by atoms with van der Waals surface area (Å²) in [5, 5.41) is 0. The molecular formula is C6H17LiO8P2. The smallest absolute Gasteiger partial charge is 0.756 e. The third kappa shape index (κ3) is 31.6. The minimum absolute atomic E-state index is 0. The molecule has 0 saturated heterocycles. The molecule has 0 atom stereocenters. The van der Waals surface area contributed by atoms with Crippen molar-refractivity contribution in [2.75, 3.05) is 0 Å². The van der Waals surface area contributed by atoms with Gasteiger partial charge < -0.3 is 28.6 Å². The predicted molar refractivity (Wildman–Crippen MR) is 54.3 cm³/mol. The van der Waals surface area contributed by atoms with Gasteiger partial charge in [0.2, 0.25) is 0 Å². The third-order valence-corrected chi connectivity index (χ3v) is 2.04. The molecule has 0 aromatic heterocycles. The largest absolute Gasteiger partial charge is 1.00 e. The first-order valence-electron chi connectivity index (χ1n) is 4.29. The first-order valence-corrected chi connectivity index (χ1v) is 7.32. The van der Waals surface area contributed by atoms with E-state index >= 15 is 0 Å². The molecule has 0 rings (SSSR count). The predicted octanol–water partition coefficient (Wildman–Crippen LogP) is -2.62. The van der Waals surface area contributed by atoms with Crippen LogP contribution in [0.4, 0.5) is 0 Å². The van der Waals surface area contributed by atoms with Gasteiger partial charge in [-0.15, -0.1) is 0 Å². The van der Waals surface area contributed by atoms with E-state index < -0.39 is 15.6 Å². The fraction of sp³-hybridized carbons (Fsp3) is 1.00. The Morgan fingerprint density at radius 2 is 1.12 bits per heavy atom. The minimum Gasteiger partial charge on any atom is -0.756 e. The first-order chi connectivity index (χ1) is 6.83. The summed E-state index contributed by atoms with van der Waals surface area (Å²) >= 11 is 0. The molecule has 0 saturated carbocycles. The summed E-state index contributed by atoms with van der Waals surface area (Å²) in [4.78, 5) is 32.4. The van der Waals surface area contributed by atoms with Gasteiger partial charge in [-0.05, 0) is 27.7 Å². The summed E-state index contributed by atoms with van der Waals surface area (Å²) in [5.74, 6) is 0. The van der Waals surface area contributed by atoms with Gasteiger partial charge in [-0.1, -0.05) is 0 Å². The standard InChI is InChI=1S/C6H15O4P.Li.H3O4P/c1-5(2)9-11(7,8)10-6(3)4;;1-5(2,3)4/h5-6H,1-4H3,(H,7,8);;(H3,1,2,3,4)/q;+1;/p-1. The van der Waals surface area contributed by atoms with Crippen molar-refractivity contribution >= 4 is 15.6 Å². The third-order valence-electron chi connectivity index (χ3n) is 0.680. The number of hydrogen-bond acceptors (Lipinski definition) is 5. The van der Waals surface area contributed by atoms with E-state index in [0.717, 1.165) is 0 Å². The maximum absolute atomic E-state index is 10.8. The van der Waals surface area contributed by atoms with E-state index in [-0.39, 0.29) is 31.1 Å². The fourth-order valence-corrected chi connectivity index (χ4v) is 1.62. The molecule has 17 heavy (non-hydrogen) atoms. The molecule has 11 heteroatoms. The molecule has 100 valence electrons. The Morgan fingerprint density at radius 3 is 1.24 bits per heavy atom. The van der Waals surface area contributed by atoms with Crippen molar-refractivity contribution in [3.05, 3.63) is 0 Å². The molecule has 0 fully saturated rings. The van der Waals surface area contributed by atoms with Crippen molar-refractivity contribution in [1.82, 2.24) is 0 Å². The zero-order chi connectivity index (χ0) is 13.6. The molecule has 0 unspecified atom stereocenters. The Hall–Kier alpha value is 0.817. The van der Waals surface area contributed by atoms with Gasteiger partial charge in [0.05, 0.1) is 12.2 Å². The van der Waals surface area contributed by atoms with E-state index in [4.69, 9.17) is 19.2 Å². The van der Waals surface area contributed by atoms with Gasteiger partial charge in [-0.25, -0.2) is 4.57 Å². The Kier molecular flexibility index (Phi) is 13.1. The number of phosphoric ester groups is 1. The van der Waals surface area contributed by atoms with Crippen LogP contribution in [-0.4, -0.2) is 26.9 Å². The van der Waals surface area contributed by atoms with Crippen LogP contribution in [0.15, 0.2) is 0 Å². The molecule has 0 aliphatic carbocycles. The molecule has 8 nitrogen and oxygen atoms in total. The van der Waals surface area contributed by atoms with Gasteiger partial charge in [0.25, 0.3) is 7.82 Å². The summed E-state index contributed by atoms with van der Waals surface area (Å²) in [6, 6.07) is 0. The maximum atomic E-state index is 10.8. The minimum atomic E-state index is -4.64. The van der Waals surface area contributed by atoms with E-state index in [9.17, 15) is 9.46 Å². The van der Waals surface area contributed by atoms with Crippen molar-refractivity contribution in [3.8, 4) is 0 Å². The Morgan fingerprint density at radius 1 is 0.941 bits per heavy atom. The Bertz CT molecular complexity index is 253. The van der Waals surface area contributed by atoms with Crippen LogP contribution in [-0.2, 0) is 18.2 Å². The molecule has 0 spiro atoms. The van der Waals surface area contributed by atoms with Crippen LogP contribution in [0.5, 0.6) is 0 Å². The van der Waals surface area contributed by atoms with Crippen LogP contribution in [0.1, 0.15) is 27.7 Å². The molecule has 0 heterocycles. The van der Waals surface area contributed by atoms with Gasteiger partial charge in [-0.2, -0.15) is 0 Å². The molecule has 0 aliphatic heterocycles. The van der Waals surface area contributed by atoms with Gasteiger partial charge in [0.15, 0.2) is 0 Å². The first kappa shape index (κ1) is 23.0. The van der Waals surface area contributed by atoms with Crippen molar-refractivity contribution in [2.45, 2.75) is 39.9 Å². The summed E-state index contributed by atoms with van der Waals surface area (Å²) < 4.78 is 28.8. The van der Waals surface area contributed by atoms with Crippen LogP contribution in [0.3, 0.4) is 0 Å². The van der Waals surface area contributed by atoms with Crippen molar-refractivity contribution < 1.29 is 56.6 Å². The molecule has 0 bridgehead atoms. The molecular weight excluding hydrogens is 269 g/mol. The topological polar surface area (TPSA) is 136 Å². The number of hydrogen-bond donors (Lipinski definition) is 3. The van der Waals surface area contributed by atoms with Crippen LogP contribution < -0.4 is 23.8 Å². The second kappa shape index (κ2) is 9.71. The van der Waals surface area contributed by atoms with Gasteiger partial charge in [0.1, 0.15) is 0 Å². The molecule has 0 aromatic rings. The summed E-state index contributed by atoms with van der Waals surface area (Å²) in [6.07, 6.45) is -0.728. The summed E-state index contributed by atoms with van der Waals surface area (Å²) in [7, 11) is -8.69. The quantitative estimate of drug-likeness (QED) is 0.377. The molecule has 0 aliphatic rings. The van der Waals surface area contributed by atoms with Crippen molar-refractivity contribution in [2.24, 2.45) is 0 Å². The zero-order valence-electron chi connectivity index (χ0n) is 10.4. The van der Waals surface area contributed by atoms with Crippen LogP contribution in [0.25, 0.3) is 0 Å². The average Bonchev–Trinajstić information content (AvgIpc) is 1.72. The van der Waals surface area contributed by atoms with Gasteiger partial charge in [-0.3, -0.25) is 4.57 Å². The molecule has 0 amide bonds. The van der Waals surface area contributed by atoms with E-state index in [0.29, 0.717) is 0 Å². The summed E-state index contributed by atoms with van der Waals surface area (Å²) in [5.41, 5.74) is 0. The Labute approximate surface area is 112 Å². The second-order valence-corrected chi connectivity index (χ2v) is 5.61. The van der Waals surface area contributed by atoms with Crippen molar-refractivity contribution in [3.63, 3.8) is 0 Å². The van der Waals surface area contributed by atoms with E-state index in [2.05, 4.69) is 9.05 Å². The van der Waals surface area contributed by atoms with Crippen LogP contribution in [0.2, 0.25) is 0 Å². The van der Waals surface area contributed by atoms with Crippen LogP contribution >= 0.6 is 15.6 Å². The molecule has 0 radical (unpaired) electrons. The van der Waals surface area contributed by atoms with Gasteiger partial charge >= 0.3 is 26.7 Å². The van der Waals surface area contributed by atoms with E-state index in [1.54, 1.807) is 27.7 Å². The fourth-order valence-electron chi connectivity index (χ4n) is 0.541. The van der Waals surface area contributed by atoms with Crippen LogP contribution in [0, 0.1) is 0 Å². The monoisotopic (exact) mass is 286 g/mol. The summed E-state index contributed by atoms with van der Waals surface area (Å²) in [6.45, 7) is 6.53. The second-order valence-electron chi connectivity index (χ2n) is 3.27. The zero-order valence-corrected chi connectivity index (χ0v) is 12.2. The normalized spacial score (nSPS) is 11.9. The number of rotatable bonds is 4.